The van der Waals surface area contributed by atoms with Gasteiger partial charge in [-0.1, -0.05) is 0 Å². The van der Waals surface area contributed by atoms with Crippen molar-refractivity contribution in [2.75, 3.05) is 0 Å². The molecule has 5 heteroatoms. The smallest absolute Gasteiger partial charge is 0.306 e. The van der Waals surface area contributed by atoms with Crippen LogP contribution in [0.2, 0.25) is 0 Å². The maximum absolute atomic E-state index is 13.4. The number of alkyl halides is 2. The molecule has 1 heterocycles. The zero-order valence-electron chi connectivity index (χ0n) is 6.35. The van der Waals surface area contributed by atoms with E-state index in [-0.39, 0.29) is 5.69 Å². The molecule has 0 radical (unpaired) electrons. The van der Waals surface area contributed by atoms with E-state index >= 15 is 0 Å². The molecule has 1 aromatic heterocycles. The van der Waals surface area contributed by atoms with Crippen molar-refractivity contribution in [3.05, 3.63) is 18.0 Å². The number of hydrogen-bond donors (Lipinski definition) is 2. The van der Waals surface area contributed by atoms with Crippen molar-refractivity contribution in [2.24, 2.45) is 5.73 Å². The summed E-state index contributed by atoms with van der Waals surface area (Å²) in [5.74, 6) is -2.97. The summed E-state index contributed by atoms with van der Waals surface area (Å²) < 4.78 is 26.7. The highest BCUT2D eigenvalue weighted by Gasteiger charge is 2.60. The average molecular weight is 173 g/mol. The van der Waals surface area contributed by atoms with Gasteiger partial charge in [-0.15, -0.1) is 0 Å². The number of nitrogens with one attached hydrogen (secondary N) is 1. The third-order valence-electron chi connectivity index (χ3n) is 2.25. The molecule has 1 saturated carbocycles. The van der Waals surface area contributed by atoms with Gasteiger partial charge >= 0.3 is 5.92 Å². The van der Waals surface area contributed by atoms with Gasteiger partial charge in [0.1, 0.15) is 5.69 Å². The van der Waals surface area contributed by atoms with Crippen molar-refractivity contribution in [1.29, 1.82) is 0 Å². The molecule has 1 fully saturated rings. The molecule has 66 valence electrons. The van der Waals surface area contributed by atoms with E-state index in [0.29, 0.717) is 12.8 Å². The van der Waals surface area contributed by atoms with Crippen molar-refractivity contribution in [2.45, 2.75) is 24.3 Å². The Kier molecular flexibility index (Phi) is 1.30. The van der Waals surface area contributed by atoms with Crippen LogP contribution in [0.15, 0.2) is 12.3 Å². The second-order valence-corrected chi connectivity index (χ2v) is 3.20. The molecule has 1 aliphatic rings. The van der Waals surface area contributed by atoms with E-state index in [4.69, 9.17) is 5.73 Å². The summed E-state index contributed by atoms with van der Waals surface area (Å²) in [6.45, 7) is 0. The number of rotatable bonds is 2. The Balaban J connectivity index is 2.33. The van der Waals surface area contributed by atoms with Crippen LogP contribution < -0.4 is 5.73 Å². The third-order valence-corrected chi connectivity index (χ3v) is 2.25. The lowest BCUT2D eigenvalue weighted by atomic mass is 10.1. The third kappa shape index (κ3) is 0.859. The molecule has 3 N–H and O–H groups in total. The van der Waals surface area contributed by atoms with E-state index in [1.165, 1.54) is 12.3 Å². The molecule has 3 nitrogen and oxygen atoms in total. The first-order chi connectivity index (χ1) is 5.56. The first kappa shape index (κ1) is 7.67. The Bertz CT molecular complexity index is 277. The Hall–Kier alpha value is -0.970. The van der Waals surface area contributed by atoms with Crippen LogP contribution in [-0.4, -0.2) is 15.7 Å². The molecule has 0 aliphatic heterocycles. The number of nitrogens with zero attached hydrogens (tertiary/aromatic N) is 1. The molecule has 1 aliphatic carbocycles. The summed E-state index contributed by atoms with van der Waals surface area (Å²) >= 11 is 0. The minimum Gasteiger partial charge on any atom is -0.320 e. The fraction of sp³-hybridized carbons (Fsp3) is 0.571. The summed E-state index contributed by atoms with van der Waals surface area (Å²) in [7, 11) is 0. The zero-order chi connectivity index (χ0) is 8.82. The molecule has 0 amide bonds. The lowest BCUT2D eigenvalue weighted by Crippen LogP contribution is -2.41. The number of aromatic nitrogens is 2. The van der Waals surface area contributed by atoms with Gasteiger partial charge < -0.3 is 5.73 Å². The van der Waals surface area contributed by atoms with Crippen LogP contribution in [0.3, 0.4) is 0 Å². The van der Waals surface area contributed by atoms with Crippen LogP contribution in [0.25, 0.3) is 0 Å². The van der Waals surface area contributed by atoms with Crippen molar-refractivity contribution in [3.8, 4) is 0 Å². The summed E-state index contributed by atoms with van der Waals surface area (Å²) in [6.07, 6.45) is 2.05. The summed E-state index contributed by atoms with van der Waals surface area (Å²) in [5, 5.41) is 5.71. The van der Waals surface area contributed by atoms with Gasteiger partial charge in [-0.25, -0.2) is 0 Å². The highest BCUT2D eigenvalue weighted by Crippen LogP contribution is 2.50. The first-order valence-corrected chi connectivity index (χ1v) is 3.73. The van der Waals surface area contributed by atoms with Crippen molar-refractivity contribution in [1.82, 2.24) is 10.2 Å². The lowest BCUT2D eigenvalue weighted by molar-refractivity contribution is -0.0462. The largest absolute Gasteiger partial charge is 0.320 e. The van der Waals surface area contributed by atoms with E-state index in [9.17, 15) is 8.78 Å². The first-order valence-electron chi connectivity index (χ1n) is 3.73. The fourth-order valence-corrected chi connectivity index (χ4v) is 1.15. The van der Waals surface area contributed by atoms with Crippen LogP contribution in [0, 0.1) is 0 Å². The maximum Gasteiger partial charge on any atom is 0.306 e. The van der Waals surface area contributed by atoms with Crippen LogP contribution in [-0.2, 0) is 5.92 Å². The van der Waals surface area contributed by atoms with Gasteiger partial charge in [0.05, 0.1) is 5.54 Å². The molecule has 1 aromatic rings. The molecule has 0 atom stereocenters. The number of nitrogens with two attached hydrogens (primary N) is 1. The summed E-state index contributed by atoms with van der Waals surface area (Å²) in [5.41, 5.74) is 3.89. The molecule has 2 rings (SSSR count). The molecule has 0 saturated heterocycles. The lowest BCUT2D eigenvalue weighted by Gasteiger charge is -2.20. The van der Waals surface area contributed by atoms with Gasteiger partial charge in [0.15, 0.2) is 0 Å². The van der Waals surface area contributed by atoms with Crippen molar-refractivity contribution in [3.63, 3.8) is 0 Å². The number of H-pyrrole nitrogens is 1. The van der Waals surface area contributed by atoms with E-state index in [0.717, 1.165) is 0 Å². The molecule has 0 bridgehead atoms. The van der Waals surface area contributed by atoms with Gasteiger partial charge in [0, 0.05) is 6.20 Å². The van der Waals surface area contributed by atoms with Gasteiger partial charge in [0.2, 0.25) is 0 Å². The monoisotopic (exact) mass is 173 g/mol. The standard InChI is InChI=1S/C7H9F2N3/c8-7(9,6(10)2-3-6)5-1-4-11-12-5/h1,4H,2-3,10H2,(H,11,12). The van der Waals surface area contributed by atoms with Gasteiger partial charge in [-0.2, -0.15) is 13.9 Å². The Morgan fingerprint density at radius 1 is 1.58 bits per heavy atom. The van der Waals surface area contributed by atoms with E-state index in [2.05, 4.69) is 10.2 Å². The highest BCUT2D eigenvalue weighted by molar-refractivity contribution is 5.20. The second kappa shape index (κ2) is 2.04. The average Bonchev–Trinajstić information content (AvgIpc) is 2.59. The molecule has 0 unspecified atom stereocenters. The Morgan fingerprint density at radius 3 is 2.67 bits per heavy atom. The van der Waals surface area contributed by atoms with Crippen LogP contribution >= 0.6 is 0 Å². The predicted octanol–water partition coefficient (Wildman–Crippen LogP) is 0.993. The molecule has 0 spiro atoms. The van der Waals surface area contributed by atoms with Gasteiger partial charge in [0.25, 0.3) is 0 Å². The van der Waals surface area contributed by atoms with Crippen molar-refractivity contribution >= 4 is 0 Å². The molecular weight excluding hydrogens is 164 g/mol. The van der Waals surface area contributed by atoms with Crippen LogP contribution in [0.5, 0.6) is 0 Å². The quantitative estimate of drug-likeness (QED) is 0.700. The molecular formula is C7H9F2N3. The second-order valence-electron chi connectivity index (χ2n) is 3.20. The molecule has 0 aromatic carbocycles. The summed E-state index contributed by atoms with van der Waals surface area (Å²) in [4.78, 5) is 0. The maximum atomic E-state index is 13.4. The van der Waals surface area contributed by atoms with E-state index < -0.39 is 11.5 Å². The van der Waals surface area contributed by atoms with Gasteiger partial charge in [-0.3, -0.25) is 5.10 Å². The van der Waals surface area contributed by atoms with Crippen LogP contribution in [0.4, 0.5) is 8.78 Å². The Morgan fingerprint density at radius 2 is 2.25 bits per heavy atom. The normalized spacial score (nSPS) is 20.9. The highest BCUT2D eigenvalue weighted by atomic mass is 19.3. The van der Waals surface area contributed by atoms with Gasteiger partial charge in [-0.05, 0) is 18.9 Å². The van der Waals surface area contributed by atoms with Crippen molar-refractivity contribution < 1.29 is 8.78 Å². The number of hydrogen-bond acceptors (Lipinski definition) is 2. The van der Waals surface area contributed by atoms with E-state index in [1.807, 2.05) is 0 Å². The van der Waals surface area contributed by atoms with Crippen LogP contribution in [0.1, 0.15) is 18.5 Å². The minimum absolute atomic E-state index is 0.192. The fourth-order valence-electron chi connectivity index (χ4n) is 1.15. The predicted molar refractivity (Wildman–Crippen MR) is 38.6 cm³/mol. The SMILES string of the molecule is NC1(C(F)(F)c2ccn[nH]2)CC1. The van der Waals surface area contributed by atoms with E-state index in [1.54, 1.807) is 0 Å². The number of aromatic amines is 1. The molecule has 12 heavy (non-hydrogen) atoms. The Labute approximate surface area is 68.0 Å². The summed E-state index contributed by atoms with van der Waals surface area (Å²) in [6, 6.07) is 1.26. The minimum atomic E-state index is -2.97. The number of halogens is 2. The topological polar surface area (TPSA) is 54.7 Å². The zero-order valence-corrected chi connectivity index (χ0v) is 6.35.